The molecule has 0 aliphatic rings. The van der Waals surface area contributed by atoms with E-state index in [-0.39, 0.29) is 0 Å². The van der Waals surface area contributed by atoms with E-state index in [1.165, 1.54) is 0 Å². The number of alkyl halides is 3. The molecule has 0 aliphatic heterocycles. The summed E-state index contributed by atoms with van der Waals surface area (Å²) in [5.41, 5.74) is 0. The molecule has 0 aliphatic carbocycles. The predicted octanol–water partition coefficient (Wildman–Crippen LogP) is 0.787. The van der Waals surface area contributed by atoms with Gasteiger partial charge in [0, 0.05) is 5.11 Å². The molecule has 0 aromatic rings. The van der Waals surface area contributed by atoms with Crippen LogP contribution in [0.2, 0.25) is 0 Å². The van der Waals surface area contributed by atoms with Crippen molar-refractivity contribution in [1.29, 1.82) is 0 Å². The van der Waals surface area contributed by atoms with Crippen molar-refractivity contribution in [1.82, 2.24) is 0 Å². The number of rotatable bonds is 0. The summed E-state index contributed by atoms with van der Waals surface area (Å²) in [5, 5.41) is 2.81. The first-order valence-corrected chi connectivity index (χ1v) is 1.69. The van der Waals surface area contributed by atoms with Crippen molar-refractivity contribution in [2.24, 2.45) is 5.11 Å². The highest BCUT2D eigenvalue weighted by atomic mass is 19.4. The molecule has 2 nitrogen and oxygen atoms in total. The fourth-order valence-electron chi connectivity index (χ4n) is 0.107. The van der Waals surface area contributed by atoms with Gasteiger partial charge in [-0.3, -0.25) is 0 Å². The molecule has 46 valence electrons. The summed E-state index contributed by atoms with van der Waals surface area (Å²) in [7, 11) is 1.14. The Labute approximate surface area is 43.8 Å². The lowest BCUT2D eigenvalue weighted by Gasteiger charge is -1.95. The molecular weight excluding hydrogens is 121 g/mol. The molecular formula is C3H3F3N2. The Morgan fingerprint density at radius 1 is 1.50 bits per heavy atom. The van der Waals surface area contributed by atoms with E-state index >= 15 is 0 Å². The van der Waals surface area contributed by atoms with Crippen molar-refractivity contribution < 1.29 is 18.0 Å². The highest BCUT2D eigenvalue weighted by molar-refractivity contribution is 5.57. The normalized spacial score (nSPS) is 10.0. The largest absolute Gasteiger partial charge is 0.339 e. The van der Waals surface area contributed by atoms with Crippen molar-refractivity contribution in [2.75, 3.05) is 7.05 Å². The molecule has 0 unspecified atom stereocenters. The molecule has 0 saturated carbocycles. The molecule has 0 fully saturated rings. The van der Waals surface area contributed by atoms with Crippen molar-refractivity contribution in [3.63, 3.8) is 0 Å². The SMILES string of the molecule is CN=[N+]=[C-]C(F)(F)F. The zero-order valence-electron chi connectivity index (χ0n) is 4.03. The van der Waals surface area contributed by atoms with E-state index in [1.54, 1.807) is 0 Å². The van der Waals surface area contributed by atoms with Crippen LogP contribution in [0.1, 0.15) is 0 Å². The second-order valence-electron chi connectivity index (χ2n) is 0.910. The lowest BCUT2D eigenvalue weighted by molar-refractivity contribution is -0.135. The van der Waals surface area contributed by atoms with Gasteiger partial charge in [-0.2, -0.15) is 18.0 Å². The summed E-state index contributed by atoms with van der Waals surface area (Å²) in [6, 6.07) is 0. The average Bonchev–Trinajstić information content (AvgIpc) is 1.59. The molecule has 0 aromatic heterocycles. The minimum Gasteiger partial charge on any atom is -0.198 e. The molecule has 0 atom stereocenters. The van der Waals surface area contributed by atoms with Gasteiger partial charge in [0.15, 0.2) is 0 Å². The average molecular weight is 124 g/mol. The summed E-state index contributed by atoms with van der Waals surface area (Å²) in [6.45, 7) is 0. The third kappa shape index (κ3) is 5.17. The van der Waals surface area contributed by atoms with Gasteiger partial charge in [0.1, 0.15) is 13.3 Å². The molecule has 0 heterocycles. The van der Waals surface area contributed by atoms with Gasteiger partial charge in [-0.25, -0.2) is 0 Å². The van der Waals surface area contributed by atoms with E-state index in [0.29, 0.717) is 0 Å². The van der Waals surface area contributed by atoms with Crippen molar-refractivity contribution in [3.8, 4) is 0 Å². The van der Waals surface area contributed by atoms with Crippen LogP contribution in [0.15, 0.2) is 5.11 Å². The standard InChI is InChI=1S/C3H3F3N2/c1-7-8-2-3(4,5)6/h1H3. The second-order valence-corrected chi connectivity index (χ2v) is 0.910. The van der Waals surface area contributed by atoms with Gasteiger partial charge >= 0.3 is 6.18 Å². The Morgan fingerprint density at radius 3 is 2.12 bits per heavy atom. The number of halogens is 3. The van der Waals surface area contributed by atoms with Crippen molar-refractivity contribution in [2.45, 2.75) is 6.18 Å². The van der Waals surface area contributed by atoms with E-state index in [0.717, 1.165) is 13.3 Å². The molecule has 0 spiro atoms. The Hall–Kier alpha value is -0.830. The predicted molar refractivity (Wildman–Crippen MR) is 19.7 cm³/mol. The van der Waals surface area contributed by atoms with Gasteiger partial charge in [0.25, 0.3) is 0 Å². The quantitative estimate of drug-likeness (QED) is 0.197. The number of hydrogen-bond donors (Lipinski definition) is 0. The van der Waals surface area contributed by atoms with Gasteiger partial charge in [0.05, 0.1) is 0 Å². The number of nitrogens with zero attached hydrogens (tertiary/aromatic N) is 2. The first-order valence-electron chi connectivity index (χ1n) is 1.69. The zero-order chi connectivity index (χ0) is 6.62. The lowest BCUT2D eigenvalue weighted by atomic mass is 10.7. The van der Waals surface area contributed by atoms with E-state index < -0.39 is 6.18 Å². The van der Waals surface area contributed by atoms with Gasteiger partial charge in [0.2, 0.25) is 0 Å². The van der Waals surface area contributed by atoms with E-state index in [2.05, 4.69) is 9.90 Å². The summed E-state index contributed by atoms with van der Waals surface area (Å²) in [5.74, 6) is 0. The molecule has 0 amide bonds. The van der Waals surface area contributed by atoms with Crippen LogP contribution in [0.5, 0.6) is 0 Å². The Kier molecular flexibility index (Phi) is 2.21. The Balaban J connectivity index is 3.89. The van der Waals surface area contributed by atoms with Crippen LogP contribution in [-0.2, 0) is 0 Å². The fraction of sp³-hybridized carbons (Fsp3) is 0.667. The van der Waals surface area contributed by atoms with E-state index in [4.69, 9.17) is 0 Å². The van der Waals surface area contributed by atoms with Crippen LogP contribution in [0.4, 0.5) is 13.2 Å². The molecule has 8 heavy (non-hydrogen) atoms. The first kappa shape index (κ1) is 7.17. The summed E-state index contributed by atoms with van der Waals surface area (Å²) in [4.78, 5) is 2.49. The highest BCUT2D eigenvalue weighted by Crippen LogP contribution is 2.08. The summed E-state index contributed by atoms with van der Waals surface area (Å²) >= 11 is 0. The Morgan fingerprint density at radius 2 is 2.00 bits per heavy atom. The van der Waals surface area contributed by atoms with E-state index in [9.17, 15) is 13.2 Å². The fourth-order valence-corrected chi connectivity index (χ4v) is 0.107. The maximum absolute atomic E-state index is 11.0. The molecule has 0 saturated heterocycles. The molecule has 0 aromatic carbocycles. The lowest BCUT2D eigenvalue weighted by Crippen LogP contribution is -2.08. The van der Waals surface area contributed by atoms with Crippen LogP contribution >= 0.6 is 0 Å². The number of hydrogen-bond acceptors (Lipinski definition) is 1. The minimum absolute atomic E-state index is 0.830. The van der Waals surface area contributed by atoms with Crippen LogP contribution in [0.3, 0.4) is 0 Å². The summed E-state index contributed by atoms with van der Waals surface area (Å²) < 4.78 is 32.9. The smallest absolute Gasteiger partial charge is 0.198 e. The topological polar surface area (TPSA) is 26.5 Å². The Bertz CT molecular complexity index is 119. The monoisotopic (exact) mass is 124 g/mol. The zero-order valence-corrected chi connectivity index (χ0v) is 4.03. The van der Waals surface area contributed by atoms with Crippen LogP contribution in [0.25, 0.3) is 0 Å². The van der Waals surface area contributed by atoms with Crippen molar-refractivity contribution >= 4 is 6.21 Å². The third-order valence-corrected chi connectivity index (χ3v) is 0.277. The van der Waals surface area contributed by atoms with Crippen LogP contribution in [-0.4, -0.2) is 24.2 Å². The summed E-state index contributed by atoms with van der Waals surface area (Å²) in [6.07, 6.45) is -3.63. The molecule has 0 radical (unpaired) electrons. The molecule has 0 N–H and O–H groups in total. The highest BCUT2D eigenvalue weighted by Gasteiger charge is 2.16. The molecule has 0 rings (SSSR count). The van der Waals surface area contributed by atoms with E-state index in [1.807, 2.05) is 0 Å². The van der Waals surface area contributed by atoms with Crippen LogP contribution < -0.4 is 0 Å². The van der Waals surface area contributed by atoms with Gasteiger partial charge in [-0.1, -0.05) is 0 Å². The van der Waals surface area contributed by atoms with Crippen LogP contribution in [0, 0.1) is 0 Å². The first-order chi connectivity index (χ1) is 3.56. The van der Waals surface area contributed by atoms with Gasteiger partial charge < -0.3 is 0 Å². The van der Waals surface area contributed by atoms with Crippen molar-refractivity contribution in [3.05, 3.63) is 0 Å². The minimum atomic E-state index is -4.46. The molecule has 5 heteroatoms. The second kappa shape index (κ2) is 2.47. The van der Waals surface area contributed by atoms with Gasteiger partial charge in [-0.05, 0) is 0 Å². The maximum atomic E-state index is 11.0. The third-order valence-electron chi connectivity index (χ3n) is 0.277. The van der Waals surface area contributed by atoms with Gasteiger partial charge in [-0.15, -0.1) is 0 Å². The maximum Gasteiger partial charge on any atom is 0.339 e. The molecule has 0 bridgehead atoms.